The highest BCUT2D eigenvalue weighted by atomic mass is 15.3. The van der Waals surface area contributed by atoms with Crippen LogP contribution in [0.4, 0.5) is 0 Å². The van der Waals surface area contributed by atoms with Crippen molar-refractivity contribution in [3.63, 3.8) is 0 Å². The smallest absolute Gasteiger partial charge is 0.140 e. The van der Waals surface area contributed by atoms with Crippen molar-refractivity contribution >= 4 is 5.65 Å². The minimum atomic E-state index is 0.930. The van der Waals surface area contributed by atoms with Gasteiger partial charge >= 0.3 is 0 Å². The zero-order valence-electron chi connectivity index (χ0n) is 11.6. The number of pyridine rings is 1. The quantitative estimate of drug-likeness (QED) is 0.561. The second-order valence-electron chi connectivity index (χ2n) is 5.08. The van der Waals surface area contributed by atoms with Gasteiger partial charge in [-0.05, 0) is 31.2 Å². The summed E-state index contributed by atoms with van der Waals surface area (Å²) in [7, 11) is 0. The summed E-state index contributed by atoms with van der Waals surface area (Å²) in [6, 6.07) is 14.5. The van der Waals surface area contributed by atoms with Crippen LogP contribution in [0.2, 0.25) is 0 Å². The highest BCUT2D eigenvalue weighted by molar-refractivity contribution is 5.64. The number of hydrogen-bond acceptors (Lipinski definition) is 2. The maximum absolute atomic E-state index is 4.60. The van der Waals surface area contributed by atoms with Crippen molar-refractivity contribution in [1.82, 2.24) is 19.2 Å². The van der Waals surface area contributed by atoms with Crippen LogP contribution in [0.15, 0.2) is 67.3 Å². The summed E-state index contributed by atoms with van der Waals surface area (Å²) >= 11 is 0. The molecule has 0 radical (unpaired) electrons. The first-order valence-corrected chi connectivity index (χ1v) is 6.85. The standard InChI is InChI=1S/C17H14N4/c1-13-4-6-15(7-5-13)20-9-10-21-17(20)11-16(19-21)14-3-2-8-18-12-14/h2-12H,1H3. The minimum absolute atomic E-state index is 0.930. The van der Waals surface area contributed by atoms with Crippen LogP contribution in [0.3, 0.4) is 0 Å². The van der Waals surface area contributed by atoms with Gasteiger partial charge in [0, 0.05) is 42.1 Å². The van der Waals surface area contributed by atoms with Crippen LogP contribution in [-0.2, 0) is 0 Å². The van der Waals surface area contributed by atoms with Crippen molar-refractivity contribution in [2.75, 3.05) is 0 Å². The molecule has 0 unspecified atom stereocenters. The van der Waals surface area contributed by atoms with Crippen LogP contribution in [0.25, 0.3) is 22.6 Å². The molecule has 0 aliphatic heterocycles. The largest absolute Gasteiger partial charge is 0.300 e. The molecule has 4 aromatic rings. The molecule has 0 aliphatic carbocycles. The van der Waals surface area contributed by atoms with E-state index in [0.717, 1.165) is 22.6 Å². The Kier molecular flexibility index (Phi) is 2.60. The van der Waals surface area contributed by atoms with E-state index in [1.54, 1.807) is 6.20 Å². The summed E-state index contributed by atoms with van der Waals surface area (Å²) < 4.78 is 4.02. The van der Waals surface area contributed by atoms with Crippen molar-refractivity contribution in [3.8, 4) is 16.9 Å². The number of imidazole rings is 1. The van der Waals surface area contributed by atoms with E-state index in [0.29, 0.717) is 0 Å². The number of rotatable bonds is 2. The fourth-order valence-electron chi connectivity index (χ4n) is 2.46. The second kappa shape index (κ2) is 4.59. The molecule has 0 saturated heterocycles. The molecule has 0 aliphatic rings. The van der Waals surface area contributed by atoms with Crippen molar-refractivity contribution in [1.29, 1.82) is 0 Å². The summed E-state index contributed by atoms with van der Waals surface area (Å²) in [5, 5.41) is 4.60. The van der Waals surface area contributed by atoms with Crippen LogP contribution in [-0.4, -0.2) is 19.2 Å². The summed E-state index contributed by atoms with van der Waals surface area (Å²) in [6.45, 7) is 2.09. The molecule has 0 spiro atoms. The minimum Gasteiger partial charge on any atom is -0.300 e. The van der Waals surface area contributed by atoms with Gasteiger partial charge in [-0.2, -0.15) is 5.10 Å². The molecule has 0 N–H and O–H groups in total. The van der Waals surface area contributed by atoms with Crippen LogP contribution in [0, 0.1) is 6.92 Å². The number of fused-ring (bicyclic) bond motifs is 1. The topological polar surface area (TPSA) is 35.1 Å². The fourth-order valence-corrected chi connectivity index (χ4v) is 2.46. The average molecular weight is 274 g/mol. The summed E-state index contributed by atoms with van der Waals surface area (Å²) in [5.74, 6) is 0. The van der Waals surface area contributed by atoms with E-state index in [4.69, 9.17) is 0 Å². The van der Waals surface area contributed by atoms with Gasteiger partial charge in [0.05, 0.1) is 5.69 Å². The Balaban J connectivity index is 1.85. The van der Waals surface area contributed by atoms with Gasteiger partial charge in [-0.3, -0.25) is 4.98 Å². The van der Waals surface area contributed by atoms with Gasteiger partial charge in [0.15, 0.2) is 0 Å². The van der Waals surface area contributed by atoms with E-state index in [9.17, 15) is 0 Å². The number of hydrogen-bond donors (Lipinski definition) is 0. The Labute approximate surface area is 122 Å². The lowest BCUT2D eigenvalue weighted by atomic mass is 10.2. The molecule has 102 valence electrons. The molecule has 3 aromatic heterocycles. The van der Waals surface area contributed by atoms with E-state index in [1.165, 1.54) is 5.56 Å². The molecule has 1 aromatic carbocycles. The monoisotopic (exact) mass is 274 g/mol. The lowest BCUT2D eigenvalue weighted by Gasteiger charge is -2.03. The fraction of sp³-hybridized carbons (Fsp3) is 0.0588. The van der Waals surface area contributed by atoms with Crippen LogP contribution >= 0.6 is 0 Å². The Morgan fingerprint density at radius 2 is 1.86 bits per heavy atom. The Hall–Kier alpha value is -2.88. The van der Waals surface area contributed by atoms with E-state index >= 15 is 0 Å². The lowest BCUT2D eigenvalue weighted by Crippen LogP contribution is -1.91. The molecule has 0 amide bonds. The van der Waals surface area contributed by atoms with Gasteiger partial charge in [-0.1, -0.05) is 17.7 Å². The molecule has 4 rings (SSSR count). The molecular weight excluding hydrogens is 260 g/mol. The highest BCUT2D eigenvalue weighted by Crippen LogP contribution is 2.21. The van der Waals surface area contributed by atoms with Gasteiger partial charge in [0.1, 0.15) is 5.65 Å². The Morgan fingerprint density at radius 1 is 1.00 bits per heavy atom. The average Bonchev–Trinajstić information content (AvgIpc) is 3.09. The third-order valence-corrected chi connectivity index (χ3v) is 3.59. The predicted molar refractivity (Wildman–Crippen MR) is 82.5 cm³/mol. The first kappa shape index (κ1) is 11.9. The van der Waals surface area contributed by atoms with Crippen LogP contribution in [0.1, 0.15) is 5.56 Å². The third-order valence-electron chi connectivity index (χ3n) is 3.59. The van der Waals surface area contributed by atoms with E-state index in [2.05, 4.69) is 51.9 Å². The number of nitrogens with zero attached hydrogens (tertiary/aromatic N) is 4. The summed E-state index contributed by atoms with van der Waals surface area (Å²) in [4.78, 5) is 4.15. The molecule has 0 atom stereocenters. The maximum atomic E-state index is 4.60. The van der Waals surface area contributed by atoms with Crippen molar-refractivity contribution in [2.45, 2.75) is 6.92 Å². The van der Waals surface area contributed by atoms with Crippen molar-refractivity contribution < 1.29 is 0 Å². The van der Waals surface area contributed by atoms with Crippen molar-refractivity contribution in [3.05, 3.63) is 72.8 Å². The number of aryl methyl sites for hydroxylation is 1. The molecule has 4 nitrogen and oxygen atoms in total. The molecule has 3 heterocycles. The molecule has 4 heteroatoms. The summed E-state index contributed by atoms with van der Waals surface area (Å²) in [5.41, 5.74) is 5.38. The molecule has 0 saturated carbocycles. The van der Waals surface area contributed by atoms with E-state index in [-0.39, 0.29) is 0 Å². The lowest BCUT2D eigenvalue weighted by molar-refractivity contribution is 0.969. The normalized spacial score (nSPS) is 11.1. The second-order valence-corrected chi connectivity index (χ2v) is 5.08. The predicted octanol–water partition coefficient (Wildman–Crippen LogP) is 3.50. The molecular formula is C17H14N4. The van der Waals surface area contributed by atoms with Crippen molar-refractivity contribution in [2.24, 2.45) is 0 Å². The van der Waals surface area contributed by atoms with Gasteiger partial charge < -0.3 is 4.57 Å². The van der Waals surface area contributed by atoms with Gasteiger partial charge in [0.2, 0.25) is 0 Å². The molecule has 0 fully saturated rings. The van der Waals surface area contributed by atoms with Gasteiger partial charge in [0.25, 0.3) is 0 Å². The number of aromatic nitrogens is 4. The zero-order chi connectivity index (χ0) is 14.2. The summed E-state index contributed by atoms with van der Waals surface area (Å²) in [6.07, 6.45) is 7.60. The highest BCUT2D eigenvalue weighted by Gasteiger charge is 2.09. The first-order valence-electron chi connectivity index (χ1n) is 6.85. The van der Waals surface area contributed by atoms with E-state index < -0.39 is 0 Å². The maximum Gasteiger partial charge on any atom is 0.140 e. The molecule has 21 heavy (non-hydrogen) atoms. The first-order chi connectivity index (χ1) is 10.3. The third kappa shape index (κ3) is 2.01. The Bertz CT molecular complexity index is 886. The van der Waals surface area contributed by atoms with Gasteiger partial charge in [-0.15, -0.1) is 0 Å². The molecule has 0 bridgehead atoms. The van der Waals surface area contributed by atoms with Crippen LogP contribution < -0.4 is 0 Å². The van der Waals surface area contributed by atoms with E-state index in [1.807, 2.05) is 35.2 Å². The zero-order valence-corrected chi connectivity index (χ0v) is 11.6. The Morgan fingerprint density at radius 3 is 2.62 bits per heavy atom. The SMILES string of the molecule is Cc1ccc(-n2ccn3nc(-c4cccnc4)cc23)cc1. The number of benzene rings is 1. The van der Waals surface area contributed by atoms with Gasteiger partial charge in [-0.25, -0.2) is 4.52 Å². The van der Waals surface area contributed by atoms with Crippen LogP contribution in [0.5, 0.6) is 0 Å².